The number of carbonyl (C=O) groups is 1. The zero-order valence-corrected chi connectivity index (χ0v) is 8.09. The second-order valence-corrected chi connectivity index (χ2v) is 3.32. The van der Waals surface area contributed by atoms with Gasteiger partial charge in [0, 0.05) is 0 Å². The fraction of sp³-hybridized carbons (Fsp3) is 0.750. The lowest BCUT2D eigenvalue weighted by Gasteiger charge is -2.22. The van der Waals surface area contributed by atoms with Crippen LogP contribution in [0.3, 0.4) is 0 Å². The van der Waals surface area contributed by atoms with E-state index in [4.69, 9.17) is 9.47 Å². The van der Waals surface area contributed by atoms with Crippen molar-refractivity contribution >= 4 is 11.9 Å². The Hall–Kier alpha value is -1.26. The molecule has 0 aliphatic carbocycles. The number of hydrazone groups is 1. The molecule has 0 saturated carbocycles. The minimum atomic E-state index is -0.714. The quantitative estimate of drug-likeness (QED) is 0.571. The number of hydrogen-bond acceptors (Lipinski definition) is 5. The van der Waals surface area contributed by atoms with Gasteiger partial charge in [0.25, 0.3) is 0 Å². The first-order valence-corrected chi connectivity index (χ1v) is 4.16. The van der Waals surface area contributed by atoms with E-state index in [0.29, 0.717) is 12.3 Å². The van der Waals surface area contributed by atoms with Crippen LogP contribution in [0.5, 0.6) is 0 Å². The lowest BCUT2D eigenvalue weighted by molar-refractivity contribution is 0.0163. The van der Waals surface area contributed by atoms with Crippen molar-refractivity contribution in [2.75, 3.05) is 13.2 Å². The topological polar surface area (TPSA) is 59.9 Å². The van der Waals surface area contributed by atoms with Crippen molar-refractivity contribution in [2.45, 2.75) is 26.4 Å². The highest BCUT2D eigenvalue weighted by atomic mass is 16.7. The Labute approximate surface area is 77.1 Å². The normalized spacial score (nSPS) is 26.4. The van der Waals surface area contributed by atoms with E-state index in [1.807, 2.05) is 0 Å². The highest BCUT2D eigenvalue weighted by Gasteiger charge is 2.28. The number of cyclic esters (lactones) is 2. The van der Waals surface area contributed by atoms with Gasteiger partial charge in [-0.15, -0.1) is 0 Å². The van der Waals surface area contributed by atoms with E-state index in [1.165, 1.54) is 0 Å². The first kappa shape index (κ1) is 9.83. The molecule has 1 heterocycles. The first-order valence-electron chi connectivity index (χ1n) is 4.16. The van der Waals surface area contributed by atoms with Crippen LogP contribution in [0.1, 0.15) is 20.8 Å². The zero-order valence-electron chi connectivity index (χ0n) is 8.09. The van der Waals surface area contributed by atoms with Crippen molar-refractivity contribution < 1.29 is 14.3 Å². The number of nitrogens with zero attached hydrogens (tertiary/aromatic N) is 1. The summed E-state index contributed by atoms with van der Waals surface area (Å²) >= 11 is 0. The fourth-order valence-corrected chi connectivity index (χ4v) is 0.801. The van der Waals surface area contributed by atoms with Gasteiger partial charge in [-0.25, -0.2) is 4.79 Å². The summed E-state index contributed by atoms with van der Waals surface area (Å²) in [7, 11) is 0. The van der Waals surface area contributed by atoms with Gasteiger partial charge in [0.2, 0.25) is 0 Å². The number of ether oxygens (including phenoxy) is 2. The van der Waals surface area contributed by atoms with Gasteiger partial charge in [-0.1, -0.05) is 0 Å². The number of hydrogen-bond donors (Lipinski definition) is 1. The van der Waals surface area contributed by atoms with Crippen LogP contribution in [0.15, 0.2) is 5.10 Å². The maximum Gasteiger partial charge on any atom is 0.509 e. The van der Waals surface area contributed by atoms with Crippen LogP contribution in [-0.2, 0) is 9.47 Å². The summed E-state index contributed by atoms with van der Waals surface area (Å²) in [6.45, 7) is 6.10. The Morgan fingerprint density at radius 1 is 1.54 bits per heavy atom. The van der Waals surface area contributed by atoms with E-state index < -0.39 is 11.8 Å². The average Bonchev–Trinajstić information content (AvgIpc) is 2.05. The molecular weight excluding hydrogens is 172 g/mol. The van der Waals surface area contributed by atoms with E-state index in [0.717, 1.165) is 0 Å². The van der Waals surface area contributed by atoms with Crippen LogP contribution >= 0.6 is 0 Å². The molecule has 0 aromatic carbocycles. The van der Waals surface area contributed by atoms with Crippen molar-refractivity contribution in [2.24, 2.45) is 5.10 Å². The van der Waals surface area contributed by atoms with Crippen molar-refractivity contribution in [3.63, 3.8) is 0 Å². The minimum absolute atomic E-state index is 0.270. The number of carbonyl (C=O) groups excluding carboxylic acids is 1. The highest BCUT2D eigenvalue weighted by molar-refractivity contribution is 5.90. The molecule has 0 fully saturated rings. The molecule has 0 aromatic heterocycles. The van der Waals surface area contributed by atoms with Crippen molar-refractivity contribution in [1.82, 2.24) is 5.43 Å². The largest absolute Gasteiger partial charge is 0.509 e. The maximum absolute atomic E-state index is 11.0. The third kappa shape index (κ3) is 2.61. The summed E-state index contributed by atoms with van der Waals surface area (Å²) in [6, 6.07) is 0. The minimum Gasteiger partial charge on any atom is -0.432 e. The van der Waals surface area contributed by atoms with Crippen LogP contribution in [0, 0.1) is 0 Å². The molecule has 1 N–H and O–H groups in total. The van der Waals surface area contributed by atoms with Crippen LogP contribution in [0.4, 0.5) is 4.79 Å². The molecule has 0 saturated heterocycles. The summed E-state index contributed by atoms with van der Waals surface area (Å²) in [5, 5.41) is 4.04. The van der Waals surface area contributed by atoms with Gasteiger partial charge in [0.15, 0.2) is 0 Å². The summed E-state index contributed by atoms with van der Waals surface area (Å²) in [5.41, 5.74) is 2.78. The lowest BCUT2D eigenvalue weighted by atomic mass is 10.0. The highest BCUT2D eigenvalue weighted by Crippen LogP contribution is 2.13. The summed E-state index contributed by atoms with van der Waals surface area (Å²) < 4.78 is 9.79. The molecule has 1 aliphatic rings. The van der Waals surface area contributed by atoms with Gasteiger partial charge in [-0.2, -0.15) is 5.10 Å². The van der Waals surface area contributed by atoms with Gasteiger partial charge < -0.3 is 14.9 Å². The molecule has 0 spiro atoms. The third-order valence-corrected chi connectivity index (χ3v) is 1.89. The Kier molecular flexibility index (Phi) is 2.75. The van der Waals surface area contributed by atoms with Gasteiger partial charge in [0.1, 0.15) is 12.2 Å². The predicted octanol–water partition coefficient (Wildman–Crippen LogP) is 0.897. The number of rotatable bonds is 0. The molecular formula is C8H14N2O3. The smallest absolute Gasteiger partial charge is 0.432 e. The van der Waals surface area contributed by atoms with Gasteiger partial charge in [-0.3, -0.25) is 0 Å². The second-order valence-electron chi connectivity index (χ2n) is 3.32. The van der Waals surface area contributed by atoms with Crippen LogP contribution in [0.25, 0.3) is 0 Å². The monoisotopic (exact) mass is 186 g/mol. The second kappa shape index (κ2) is 3.64. The standard InChI is InChI=1S/C8H14N2O3/c1-6-8(2,3)13-7(11)12-5-4-9-10-6/h9H,4-5H2,1-3H3/b10-6+. The summed E-state index contributed by atoms with van der Waals surface area (Å²) in [5.74, 6) is 0. The zero-order chi connectivity index (χ0) is 9.90. The molecule has 0 atom stereocenters. The maximum atomic E-state index is 11.0. The molecule has 74 valence electrons. The van der Waals surface area contributed by atoms with E-state index >= 15 is 0 Å². The van der Waals surface area contributed by atoms with Crippen LogP contribution < -0.4 is 5.43 Å². The molecule has 5 heteroatoms. The molecule has 0 bridgehead atoms. The molecule has 5 nitrogen and oxygen atoms in total. The van der Waals surface area contributed by atoms with Crippen LogP contribution in [-0.4, -0.2) is 30.6 Å². The average molecular weight is 186 g/mol. The molecule has 1 aliphatic heterocycles. The first-order chi connectivity index (χ1) is 6.02. The summed E-state index contributed by atoms with van der Waals surface area (Å²) in [4.78, 5) is 11.0. The number of nitrogens with one attached hydrogen (secondary N) is 1. The van der Waals surface area contributed by atoms with E-state index in [1.54, 1.807) is 20.8 Å². The summed E-state index contributed by atoms with van der Waals surface area (Å²) in [6.07, 6.45) is -0.650. The Morgan fingerprint density at radius 2 is 2.23 bits per heavy atom. The van der Waals surface area contributed by atoms with E-state index in [-0.39, 0.29) is 6.61 Å². The lowest BCUT2D eigenvalue weighted by Crippen LogP contribution is -2.36. The predicted molar refractivity (Wildman–Crippen MR) is 47.6 cm³/mol. The SMILES string of the molecule is C/C1=N\NCCOC(=O)OC1(C)C. The Balaban J connectivity index is 2.78. The third-order valence-electron chi connectivity index (χ3n) is 1.89. The Bertz CT molecular complexity index is 236. The Morgan fingerprint density at radius 3 is 2.92 bits per heavy atom. The molecule has 0 radical (unpaired) electrons. The molecule has 13 heavy (non-hydrogen) atoms. The van der Waals surface area contributed by atoms with E-state index in [9.17, 15) is 4.79 Å². The van der Waals surface area contributed by atoms with Gasteiger partial charge in [-0.05, 0) is 20.8 Å². The van der Waals surface area contributed by atoms with Gasteiger partial charge >= 0.3 is 6.16 Å². The van der Waals surface area contributed by atoms with Gasteiger partial charge in [0.05, 0.1) is 12.3 Å². The molecule has 0 amide bonds. The fourth-order valence-electron chi connectivity index (χ4n) is 0.801. The van der Waals surface area contributed by atoms with Crippen molar-refractivity contribution in [3.05, 3.63) is 0 Å². The van der Waals surface area contributed by atoms with Crippen LogP contribution in [0.2, 0.25) is 0 Å². The molecule has 0 unspecified atom stereocenters. The van der Waals surface area contributed by atoms with Crippen molar-refractivity contribution in [1.29, 1.82) is 0 Å². The molecule has 1 rings (SSSR count). The van der Waals surface area contributed by atoms with E-state index in [2.05, 4.69) is 10.5 Å². The molecule has 0 aromatic rings. The van der Waals surface area contributed by atoms with Crippen molar-refractivity contribution in [3.8, 4) is 0 Å².